The van der Waals surface area contributed by atoms with Gasteiger partial charge in [-0.1, -0.05) is 24.3 Å². The number of carbonyl (C=O) groups excluding carboxylic acids is 1. The maximum Gasteiger partial charge on any atom is 0.223 e. The van der Waals surface area contributed by atoms with Gasteiger partial charge in [-0.3, -0.25) is 9.69 Å². The molecule has 2 aliphatic rings. The molecule has 22 heavy (non-hydrogen) atoms. The van der Waals surface area contributed by atoms with Crippen molar-refractivity contribution in [1.82, 2.24) is 15.1 Å². The number of hydrogen-bond acceptors (Lipinski definition) is 3. The van der Waals surface area contributed by atoms with Crippen LogP contribution in [0.4, 0.5) is 0 Å². The molecule has 1 aliphatic heterocycles. The average molecular weight is 324 g/mol. The quantitative estimate of drug-likeness (QED) is 0.918. The number of fused-ring (bicyclic) bond motifs is 1. The highest BCUT2D eigenvalue weighted by Gasteiger charge is 2.26. The summed E-state index contributed by atoms with van der Waals surface area (Å²) in [5.74, 6) is 0.301. The van der Waals surface area contributed by atoms with Crippen LogP contribution in [-0.4, -0.2) is 55.5 Å². The number of nitrogens with one attached hydrogen (secondary N) is 1. The normalized spacial score (nSPS) is 20.6. The molecule has 1 aromatic carbocycles. The van der Waals surface area contributed by atoms with E-state index < -0.39 is 0 Å². The molecule has 1 amide bonds. The third-order valence-electron chi connectivity index (χ3n) is 4.78. The number of benzene rings is 1. The first-order chi connectivity index (χ1) is 10.3. The topological polar surface area (TPSA) is 35.6 Å². The van der Waals surface area contributed by atoms with Crippen molar-refractivity contribution in [3.8, 4) is 0 Å². The highest BCUT2D eigenvalue weighted by Crippen LogP contribution is 2.34. The minimum atomic E-state index is 0. The summed E-state index contributed by atoms with van der Waals surface area (Å²) in [5.41, 5.74) is 2.93. The molecule has 0 spiro atoms. The predicted molar refractivity (Wildman–Crippen MR) is 91.4 cm³/mol. The largest absolute Gasteiger partial charge is 0.340 e. The van der Waals surface area contributed by atoms with Gasteiger partial charge in [0, 0.05) is 45.2 Å². The molecule has 0 saturated carbocycles. The molecule has 1 unspecified atom stereocenters. The lowest BCUT2D eigenvalue weighted by Crippen LogP contribution is -2.47. The van der Waals surface area contributed by atoms with E-state index in [2.05, 4.69) is 41.5 Å². The maximum absolute atomic E-state index is 12.2. The van der Waals surface area contributed by atoms with E-state index in [1.54, 1.807) is 0 Å². The third-order valence-corrected chi connectivity index (χ3v) is 4.78. The van der Waals surface area contributed by atoms with Crippen LogP contribution in [-0.2, 0) is 11.2 Å². The van der Waals surface area contributed by atoms with Crippen LogP contribution >= 0.6 is 12.4 Å². The lowest BCUT2D eigenvalue weighted by molar-refractivity contribution is -0.132. The van der Waals surface area contributed by atoms with Crippen molar-refractivity contribution in [2.75, 3.05) is 39.8 Å². The zero-order valence-electron chi connectivity index (χ0n) is 13.3. The summed E-state index contributed by atoms with van der Waals surface area (Å²) in [5, 5.41) is 3.29. The van der Waals surface area contributed by atoms with E-state index in [4.69, 9.17) is 0 Å². The number of piperazine rings is 1. The van der Waals surface area contributed by atoms with Gasteiger partial charge in [0.05, 0.1) is 0 Å². The standard InChI is InChI=1S/C17H25N3O.ClH/c1-19(11-8-17(21)20-12-9-18-10-13-20)16-7-6-14-4-2-3-5-15(14)16;/h2-5,16,18H,6-13H2,1H3;1H. The highest BCUT2D eigenvalue weighted by atomic mass is 35.5. The first-order valence-corrected chi connectivity index (χ1v) is 8.02. The van der Waals surface area contributed by atoms with E-state index in [-0.39, 0.29) is 12.4 Å². The van der Waals surface area contributed by atoms with Gasteiger partial charge in [0.25, 0.3) is 0 Å². The molecule has 0 aromatic heterocycles. The van der Waals surface area contributed by atoms with Crippen LogP contribution in [0, 0.1) is 0 Å². The number of carbonyl (C=O) groups is 1. The van der Waals surface area contributed by atoms with E-state index in [0.717, 1.165) is 39.1 Å². The van der Waals surface area contributed by atoms with Gasteiger partial charge in [0.1, 0.15) is 0 Å². The minimum absolute atomic E-state index is 0. The van der Waals surface area contributed by atoms with Crippen molar-refractivity contribution in [2.45, 2.75) is 25.3 Å². The Balaban J connectivity index is 0.00000176. The molecule has 3 rings (SSSR count). The van der Waals surface area contributed by atoms with Crippen LogP contribution in [0.1, 0.15) is 30.0 Å². The van der Waals surface area contributed by atoms with Crippen molar-refractivity contribution in [3.05, 3.63) is 35.4 Å². The number of rotatable bonds is 4. The Kier molecular flexibility index (Phi) is 6.24. The second-order valence-electron chi connectivity index (χ2n) is 6.11. The molecule has 1 N–H and O–H groups in total. The van der Waals surface area contributed by atoms with Gasteiger partial charge in [-0.2, -0.15) is 0 Å². The van der Waals surface area contributed by atoms with Crippen LogP contribution < -0.4 is 5.32 Å². The maximum atomic E-state index is 12.2. The number of nitrogens with zero attached hydrogens (tertiary/aromatic N) is 2. The Hall–Kier alpha value is -1.10. The highest BCUT2D eigenvalue weighted by molar-refractivity contribution is 5.85. The van der Waals surface area contributed by atoms with Gasteiger partial charge in [-0.05, 0) is 31.0 Å². The smallest absolute Gasteiger partial charge is 0.223 e. The molecule has 1 aromatic rings. The van der Waals surface area contributed by atoms with Crippen molar-refractivity contribution in [1.29, 1.82) is 0 Å². The molecular formula is C17H26ClN3O. The number of amides is 1. The molecular weight excluding hydrogens is 298 g/mol. The molecule has 122 valence electrons. The molecule has 0 bridgehead atoms. The van der Waals surface area contributed by atoms with E-state index in [0.29, 0.717) is 18.4 Å². The molecule has 1 fully saturated rings. The number of halogens is 1. The SMILES string of the molecule is CN(CCC(=O)N1CCNCC1)C1CCc2ccccc21.Cl. The molecule has 1 aliphatic carbocycles. The summed E-state index contributed by atoms with van der Waals surface area (Å²) in [4.78, 5) is 16.6. The fraction of sp³-hybridized carbons (Fsp3) is 0.588. The lowest BCUT2D eigenvalue weighted by Gasteiger charge is -2.29. The molecule has 5 heteroatoms. The first-order valence-electron chi connectivity index (χ1n) is 8.02. The van der Waals surface area contributed by atoms with Crippen LogP contribution in [0.15, 0.2) is 24.3 Å². The molecule has 0 radical (unpaired) electrons. The summed E-state index contributed by atoms with van der Waals surface area (Å²) in [6.45, 7) is 4.42. The molecule has 1 saturated heterocycles. The van der Waals surface area contributed by atoms with Gasteiger partial charge in [-0.15, -0.1) is 12.4 Å². The minimum Gasteiger partial charge on any atom is -0.340 e. The number of hydrogen-bond donors (Lipinski definition) is 1. The third kappa shape index (κ3) is 3.80. The van der Waals surface area contributed by atoms with E-state index in [1.165, 1.54) is 17.5 Å². The second kappa shape index (κ2) is 7.95. The second-order valence-corrected chi connectivity index (χ2v) is 6.11. The fourth-order valence-corrected chi connectivity index (χ4v) is 3.49. The van der Waals surface area contributed by atoms with Gasteiger partial charge >= 0.3 is 0 Å². The predicted octanol–water partition coefficient (Wildman–Crippen LogP) is 1.85. The van der Waals surface area contributed by atoms with Gasteiger partial charge in [0.2, 0.25) is 5.91 Å². The summed E-state index contributed by atoms with van der Waals surface area (Å²) in [7, 11) is 2.15. The Morgan fingerprint density at radius 3 is 2.82 bits per heavy atom. The van der Waals surface area contributed by atoms with E-state index in [1.807, 2.05) is 4.90 Å². The van der Waals surface area contributed by atoms with Crippen molar-refractivity contribution >= 4 is 18.3 Å². The van der Waals surface area contributed by atoms with Crippen LogP contribution in [0.3, 0.4) is 0 Å². The summed E-state index contributed by atoms with van der Waals surface area (Å²) in [6.07, 6.45) is 2.98. The summed E-state index contributed by atoms with van der Waals surface area (Å²) in [6, 6.07) is 9.19. The van der Waals surface area contributed by atoms with Crippen molar-refractivity contribution in [3.63, 3.8) is 0 Å². The van der Waals surface area contributed by atoms with Gasteiger partial charge < -0.3 is 10.2 Å². The van der Waals surface area contributed by atoms with Crippen LogP contribution in [0.2, 0.25) is 0 Å². The Labute approximate surface area is 139 Å². The fourth-order valence-electron chi connectivity index (χ4n) is 3.49. The Bertz CT molecular complexity index is 502. The van der Waals surface area contributed by atoms with Crippen LogP contribution in [0.5, 0.6) is 0 Å². The van der Waals surface area contributed by atoms with E-state index >= 15 is 0 Å². The summed E-state index contributed by atoms with van der Waals surface area (Å²) < 4.78 is 0. The molecule has 1 heterocycles. The molecule has 1 atom stereocenters. The van der Waals surface area contributed by atoms with Gasteiger partial charge in [0.15, 0.2) is 0 Å². The first kappa shape index (κ1) is 17.3. The van der Waals surface area contributed by atoms with E-state index in [9.17, 15) is 4.79 Å². The van der Waals surface area contributed by atoms with Crippen LogP contribution in [0.25, 0.3) is 0 Å². The summed E-state index contributed by atoms with van der Waals surface area (Å²) >= 11 is 0. The zero-order valence-corrected chi connectivity index (χ0v) is 14.1. The Morgan fingerprint density at radius 2 is 2.05 bits per heavy atom. The average Bonchev–Trinajstić information content (AvgIpc) is 2.97. The van der Waals surface area contributed by atoms with Gasteiger partial charge in [-0.25, -0.2) is 0 Å². The monoisotopic (exact) mass is 323 g/mol. The molecule has 4 nitrogen and oxygen atoms in total. The Morgan fingerprint density at radius 1 is 1.32 bits per heavy atom. The van der Waals surface area contributed by atoms with Crippen molar-refractivity contribution in [2.24, 2.45) is 0 Å². The van der Waals surface area contributed by atoms with Crippen molar-refractivity contribution < 1.29 is 4.79 Å². The lowest BCUT2D eigenvalue weighted by atomic mass is 10.1. The zero-order chi connectivity index (χ0) is 14.7. The number of aryl methyl sites for hydroxylation is 1.